The number of fused-ring (bicyclic) bond motifs is 3. The zero-order valence-electron chi connectivity index (χ0n) is 19.7. The van der Waals surface area contributed by atoms with E-state index in [1.807, 2.05) is 39.8 Å². The standard InChI is InChI=1S/C25H28ClN5O3/c1-5-16(4)27-22(32)18-8-11-20-21(12-18)31-24(29(23(20)33)13-15(2)3)28-30(25(31)34)14-17-6-9-19(26)10-7-17/h6-12,15-16H,5,13-14H2,1-4H3,(H,27,32). The predicted molar refractivity (Wildman–Crippen MR) is 134 cm³/mol. The summed E-state index contributed by atoms with van der Waals surface area (Å²) in [5, 5.41) is 8.42. The van der Waals surface area contributed by atoms with Gasteiger partial charge in [0.2, 0.25) is 5.78 Å². The highest BCUT2D eigenvalue weighted by Crippen LogP contribution is 2.16. The second kappa shape index (κ2) is 9.46. The highest BCUT2D eigenvalue weighted by molar-refractivity contribution is 6.30. The zero-order chi connectivity index (χ0) is 24.6. The van der Waals surface area contributed by atoms with Gasteiger partial charge in [0.1, 0.15) is 0 Å². The van der Waals surface area contributed by atoms with Crippen molar-refractivity contribution < 1.29 is 4.79 Å². The second-order valence-electron chi connectivity index (χ2n) is 9.03. The van der Waals surface area contributed by atoms with Crippen molar-refractivity contribution in [3.05, 3.63) is 79.5 Å². The molecule has 0 spiro atoms. The average Bonchev–Trinajstić information content (AvgIpc) is 3.13. The number of nitrogens with zero attached hydrogens (tertiary/aromatic N) is 4. The lowest BCUT2D eigenvalue weighted by Gasteiger charge is -2.14. The van der Waals surface area contributed by atoms with E-state index < -0.39 is 0 Å². The summed E-state index contributed by atoms with van der Waals surface area (Å²) in [7, 11) is 0. The van der Waals surface area contributed by atoms with Crippen molar-refractivity contribution in [1.82, 2.24) is 24.1 Å². The lowest BCUT2D eigenvalue weighted by molar-refractivity contribution is 0.0939. The third-order valence-electron chi connectivity index (χ3n) is 5.82. The Morgan fingerprint density at radius 3 is 2.44 bits per heavy atom. The fourth-order valence-electron chi connectivity index (χ4n) is 3.86. The van der Waals surface area contributed by atoms with Gasteiger partial charge in [-0.15, -0.1) is 5.10 Å². The van der Waals surface area contributed by atoms with Gasteiger partial charge in [0.25, 0.3) is 11.5 Å². The van der Waals surface area contributed by atoms with Crippen LogP contribution in [-0.2, 0) is 13.1 Å². The summed E-state index contributed by atoms with van der Waals surface area (Å²) in [5.74, 6) is 0.165. The van der Waals surface area contributed by atoms with E-state index in [0.29, 0.717) is 28.0 Å². The molecule has 0 saturated carbocycles. The topological polar surface area (TPSA) is 90.4 Å². The quantitative estimate of drug-likeness (QED) is 0.436. The molecule has 0 aliphatic carbocycles. The molecule has 1 atom stereocenters. The highest BCUT2D eigenvalue weighted by Gasteiger charge is 2.20. The molecule has 1 N–H and O–H groups in total. The van der Waals surface area contributed by atoms with Crippen molar-refractivity contribution in [1.29, 1.82) is 0 Å². The maximum absolute atomic E-state index is 13.5. The Hall–Kier alpha value is -3.39. The van der Waals surface area contributed by atoms with Crippen LogP contribution in [0.5, 0.6) is 0 Å². The molecular weight excluding hydrogens is 454 g/mol. The van der Waals surface area contributed by atoms with E-state index in [1.165, 1.54) is 13.6 Å². The molecule has 0 radical (unpaired) electrons. The molecule has 4 aromatic rings. The molecular formula is C25H28ClN5O3. The van der Waals surface area contributed by atoms with E-state index in [9.17, 15) is 14.4 Å². The highest BCUT2D eigenvalue weighted by atomic mass is 35.5. The monoisotopic (exact) mass is 481 g/mol. The molecule has 0 aliphatic heterocycles. The summed E-state index contributed by atoms with van der Waals surface area (Å²) in [6, 6.07) is 12.0. The molecule has 34 heavy (non-hydrogen) atoms. The van der Waals surface area contributed by atoms with Crippen LogP contribution in [0.3, 0.4) is 0 Å². The Morgan fingerprint density at radius 1 is 1.09 bits per heavy atom. The molecule has 0 aliphatic rings. The Balaban J connectivity index is 1.94. The maximum atomic E-state index is 13.5. The smallest absolute Gasteiger partial charge is 0.350 e. The van der Waals surface area contributed by atoms with Crippen molar-refractivity contribution in [2.45, 2.75) is 53.2 Å². The molecule has 0 bridgehead atoms. The molecule has 1 unspecified atom stereocenters. The number of amides is 1. The first-order valence-electron chi connectivity index (χ1n) is 11.4. The summed E-state index contributed by atoms with van der Waals surface area (Å²) in [6.07, 6.45) is 0.792. The zero-order valence-corrected chi connectivity index (χ0v) is 20.5. The Kier molecular flexibility index (Phi) is 6.61. The number of halogens is 1. The van der Waals surface area contributed by atoms with Crippen molar-refractivity contribution in [2.24, 2.45) is 5.92 Å². The van der Waals surface area contributed by atoms with Crippen LogP contribution in [0.4, 0.5) is 0 Å². The number of carbonyl (C=O) groups is 1. The van der Waals surface area contributed by atoms with Gasteiger partial charge in [0.05, 0.1) is 17.4 Å². The largest absolute Gasteiger partial charge is 0.352 e. The molecule has 178 valence electrons. The molecule has 2 heterocycles. The number of carbonyl (C=O) groups excluding carboxylic acids is 1. The first-order chi connectivity index (χ1) is 16.2. The Morgan fingerprint density at radius 2 is 1.79 bits per heavy atom. The van der Waals surface area contributed by atoms with Gasteiger partial charge in [-0.1, -0.05) is 44.5 Å². The number of hydrogen-bond donors (Lipinski definition) is 1. The number of hydrogen-bond acceptors (Lipinski definition) is 4. The lowest BCUT2D eigenvalue weighted by Crippen LogP contribution is -2.32. The van der Waals surface area contributed by atoms with Crippen LogP contribution in [0.2, 0.25) is 5.02 Å². The second-order valence-corrected chi connectivity index (χ2v) is 9.46. The van der Waals surface area contributed by atoms with Crippen LogP contribution < -0.4 is 16.6 Å². The molecule has 4 rings (SSSR count). The van der Waals surface area contributed by atoms with Gasteiger partial charge in [-0.25, -0.2) is 13.9 Å². The SMILES string of the molecule is CCC(C)NC(=O)c1ccc2c(=O)n(CC(C)C)c3nn(Cc4ccc(Cl)cc4)c(=O)n3c2c1. The third kappa shape index (κ3) is 4.50. The normalized spacial score (nSPS) is 12.5. The van der Waals surface area contributed by atoms with Gasteiger partial charge in [-0.2, -0.15) is 0 Å². The summed E-state index contributed by atoms with van der Waals surface area (Å²) >= 11 is 5.98. The molecule has 1 amide bonds. The van der Waals surface area contributed by atoms with E-state index in [4.69, 9.17) is 11.6 Å². The first kappa shape index (κ1) is 23.8. The van der Waals surface area contributed by atoms with Crippen LogP contribution in [0.1, 0.15) is 50.0 Å². The number of rotatable bonds is 7. The third-order valence-corrected chi connectivity index (χ3v) is 6.08. The lowest BCUT2D eigenvalue weighted by atomic mass is 10.1. The Labute approximate surface area is 201 Å². The van der Waals surface area contributed by atoms with Crippen LogP contribution in [0.25, 0.3) is 16.7 Å². The number of benzene rings is 2. The fraction of sp³-hybridized carbons (Fsp3) is 0.360. The van der Waals surface area contributed by atoms with Crippen molar-refractivity contribution in [2.75, 3.05) is 0 Å². The van der Waals surface area contributed by atoms with Gasteiger partial charge >= 0.3 is 5.69 Å². The molecule has 0 saturated heterocycles. The van der Waals surface area contributed by atoms with Gasteiger partial charge in [0, 0.05) is 23.2 Å². The van der Waals surface area contributed by atoms with Crippen LogP contribution in [0.15, 0.2) is 52.1 Å². The van der Waals surface area contributed by atoms with E-state index >= 15 is 0 Å². The van der Waals surface area contributed by atoms with Gasteiger partial charge in [-0.3, -0.25) is 14.2 Å². The van der Waals surface area contributed by atoms with Gasteiger partial charge in [0.15, 0.2) is 0 Å². The minimum atomic E-state index is -0.382. The number of nitrogens with one attached hydrogen (secondary N) is 1. The summed E-state index contributed by atoms with van der Waals surface area (Å²) in [5.41, 5.74) is 0.975. The van der Waals surface area contributed by atoms with Crippen LogP contribution in [0, 0.1) is 5.92 Å². The predicted octanol–water partition coefficient (Wildman–Crippen LogP) is 3.70. The van der Waals surface area contributed by atoms with E-state index in [0.717, 1.165) is 12.0 Å². The summed E-state index contributed by atoms with van der Waals surface area (Å²) < 4.78 is 4.29. The van der Waals surface area contributed by atoms with Crippen LogP contribution >= 0.6 is 11.6 Å². The Bertz CT molecular complexity index is 1480. The molecule has 8 nitrogen and oxygen atoms in total. The van der Waals surface area contributed by atoms with Crippen LogP contribution in [-0.4, -0.2) is 30.7 Å². The molecule has 2 aromatic carbocycles. The molecule has 2 aromatic heterocycles. The molecule has 0 fully saturated rings. The van der Waals surface area contributed by atoms with Crippen molar-refractivity contribution in [3.63, 3.8) is 0 Å². The van der Waals surface area contributed by atoms with Gasteiger partial charge < -0.3 is 5.32 Å². The van der Waals surface area contributed by atoms with Gasteiger partial charge in [-0.05, 0) is 55.2 Å². The molecule has 9 heteroatoms. The number of aromatic nitrogens is 4. The minimum absolute atomic E-state index is 0.00658. The van der Waals surface area contributed by atoms with Crippen molar-refractivity contribution >= 4 is 34.2 Å². The van der Waals surface area contributed by atoms with E-state index in [1.54, 1.807) is 30.3 Å². The fourth-order valence-corrected chi connectivity index (χ4v) is 3.99. The van der Waals surface area contributed by atoms with Crippen molar-refractivity contribution in [3.8, 4) is 0 Å². The summed E-state index contributed by atoms with van der Waals surface area (Å²) in [6.45, 7) is 8.54. The maximum Gasteiger partial charge on any atom is 0.352 e. The van der Waals surface area contributed by atoms with E-state index in [-0.39, 0.29) is 41.4 Å². The van der Waals surface area contributed by atoms with E-state index in [2.05, 4.69) is 10.4 Å². The first-order valence-corrected chi connectivity index (χ1v) is 11.8. The average molecular weight is 482 g/mol. The minimum Gasteiger partial charge on any atom is -0.350 e. The summed E-state index contributed by atoms with van der Waals surface area (Å²) in [4.78, 5) is 39.6.